The van der Waals surface area contributed by atoms with Crippen molar-refractivity contribution in [2.75, 3.05) is 13.1 Å². The van der Waals surface area contributed by atoms with Crippen LogP contribution in [-0.4, -0.2) is 41.9 Å². The third-order valence-corrected chi connectivity index (χ3v) is 3.13. The molecular formula is C12H23N3O2. The van der Waals surface area contributed by atoms with Crippen LogP contribution in [0.25, 0.3) is 0 Å². The van der Waals surface area contributed by atoms with Gasteiger partial charge in [-0.1, -0.05) is 13.3 Å². The van der Waals surface area contributed by atoms with Crippen molar-refractivity contribution in [3.63, 3.8) is 0 Å². The van der Waals surface area contributed by atoms with Crippen LogP contribution >= 0.6 is 0 Å². The molecule has 5 heteroatoms. The van der Waals surface area contributed by atoms with Gasteiger partial charge in [-0.2, -0.15) is 0 Å². The topological polar surface area (TPSA) is 75.4 Å². The maximum atomic E-state index is 11.9. The summed E-state index contributed by atoms with van der Waals surface area (Å²) in [6.07, 6.45) is 3.31. The highest BCUT2D eigenvalue weighted by atomic mass is 16.2. The molecule has 1 aliphatic heterocycles. The van der Waals surface area contributed by atoms with Gasteiger partial charge >= 0.3 is 0 Å². The smallest absolute Gasteiger partial charge is 0.239 e. The number of nitrogens with zero attached hydrogens (tertiary/aromatic N) is 1. The van der Waals surface area contributed by atoms with Crippen molar-refractivity contribution in [2.45, 2.75) is 51.6 Å². The monoisotopic (exact) mass is 241 g/mol. The molecule has 2 amide bonds. The molecule has 1 atom stereocenters. The van der Waals surface area contributed by atoms with Gasteiger partial charge in [0.15, 0.2) is 0 Å². The lowest BCUT2D eigenvalue weighted by atomic mass is 10.0. The summed E-state index contributed by atoms with van der Waals surface area (Å²) < 4.78 is 0. The van der Waals surface area contributed by atoms with E-state index in [2.05, 4.69) is 5.32 Å². The Kier molecular flexibility index (Phi) is 5.41. The summed E-state index contributed by atoms with van der Waals surface area (Å²) in [4.78, 5) is 24.7. The highest BCUT2D eigenvalue weighted by Gasteiger charge is 2.25. The number of hydrogen-bond donors (Lipinski definition) is 2. The van der Waals surface area contributed by atoms with Crippen molar-refractivity contribution in [3.8, 4) is 0 Å². The summed E-state index contributed by atoms with van der Waals surface area (Å²) in [5, 5.41) is 2.89. The fraction of sp³-hybridized carbons (Fsp3) is 0.833. The van der Waals surface area contributed by atoms with Crippen molar-refractivity contribution >= 4 is 11.8 Å². The Labute approximate surface area is 103 Å². The summed E-state index contributed by atoms with van der Waals surface area (Å²) in [5.41, 5.74) is 5.81. The van der Waals surface area contributed by atoms with Gasteiger partial charge in [0, 0.05) is 26.1 Å². The van der Waals surface area contributed by atoms with E-state index < -0.39 is 0 Å². The van der Waals surface area contributed by atoms with Crippen LogP contribution in [0.3, 0.4) is 0 Å². The van der Waals surface area contributed by atoms with E-state index in [-0.39, 0.29) is 23.9 Å². The number of hydrogen-bond acceptors (Lipinski definition) is 3. The number of carbonyl (C=O) groups is 2. The van der Waals surface area contributed by atoms with Crippen LogP contribution in [0.4, 0.5) is 0 Å². The minimum absolute atomic E-state index is 0.00235. The highest BCUT2D eigenvalue weighted by Crippen LogP contribution is 2.12. The van der Waals surface area contributed by atoms with Gasteiger partial charge in [-0.25, -0.2) is 0 Å². The van der Waals surface area contributed by atoms with E-state index >= 15 is 0 Å². The first-order valence-electron chi connectivity index (χ1n) is 6.36. The molecule has 17 heavy (non-hydrogen) atoms. The van der Waals surface area contributed by atoms with Gasteiger partial charge in [0.2, 0.25) is 11.8 Å². The molecule has 1 heterocycles. The Balaban J connectivity index is 2.35. The number of carbonyl (C=O) groups excluding carboxylic acids is 2. The average molecular weight is 241 g/mol. The van der Waals surface area contributed by atoms with Gasteiger partial charge in [0.05, 0.1) is 6.04 Å². The van der Waals surface area contributed by atoms with Crippen LogP contribution in [0.1, 0.15) is 39.5 Å². The Morgan fingerprint density at radius 3 is 2.47 bits per heavy atom. The largest absolute Gasteiger partial charge is 0.353 e. The zero-order valence-corrected chi connectivity index (χ0v) is 10.7. The van der Waals surface area contributed by atoms with E-state index in [1.54, 1.807) is 0 Å². The predicted octanol–water partition coefficient (Wildman–Crippen LogP) is 0.241. The molecule has 0 bridgehead atoms. The van der Waals surface area contributed by atoms with E-state index in [4.69, 9.17) is 5.73 Å². The lowest BCUT2D eigenvalue weighted by molar-refractivity contribution is -0.133. The molecule has 3 N–H and O–H groups in total. The number of nitrogens with two attached hydrogens (primary N) is 1. The fourth-order valence-corrected chi connectivity index (χ4v) is 2.20. The Hall–Kier alpha value is -1.10. The van der Waals surface area contributed by atoms with Crippen molar-refractivity contribution < 1.29 is 9.59 Å². The first kappa shape index (κ1) is 14.0. The highest BCUT2D eigenvalue weighted by molar-refractivity contribution is 5.81. The van der Waals surface area contributed by atoms with E-state index in [9.17, 15) is 9.59 Å². The van der Waals surface area contributed by atoms with E-state index in [0.29, 0.717) is 13.1 Å². The molecular weight excluding hydrogens is 218 g/mol. The molecule has 1 rings (SSSR count). The molecule has 0 saturated carbocycles. The summed E-state index contributed by atoms with van der Waals surface area (Å²) in [6, 6.07) is -0.156. The van der Waals surface area contributed by atoms with Crippen molar-refractivity contribution in [2.24, 2.45) is 5.73 Å². The van der Waals surface area contributed by atoms with Crippen molar-refractivity contribution in [3.05, 3.63) is 0 Å². The van der Waals surface area contributed by atoms with Gasteiger partial charge in [0.1, 0.15) is 0 Å². The minimum Gasteiger partial charge on any atom is -0.353 e. The second-order valence-corrected chi connectivity index (χ2v) is 4.70. The van der Waals surface area contributed by atoms with Crippen molar-refractivity contribution in [1.29, 1.82) is 0 Å². The fourth-order valence-electron chi connectivity index (χ4n) is 2.20. The van der Waals surface area contributed by atoms with Gasteiger partial charge < -0.3 is 16.0 Å². The molecule has 0 unspecified atom stereocenters. The normalized spacial score (nSPS) is 18.9. The maximum absolute atomic E-state index is 11.9. The first-order valence-corrected chi connectivity index (χ1v) is 6.36. The molecule has 0 radical (unpaired) electrons. The SMILES string of the molecule is CCC[C@H](N)C(=O)N1CCC(NC(C)=O)CC1. The zero-order valence-electron chi connectivity index (χ0n) is 10.7. The summed E-state index contributed by atoms with van der Waals surface area (Å²) >= 11 is 0. The van der Waals surface area contributed by atoms with Crippen LogP contribution in [0, 0.1) is 0 Å². The second kappa shape index (κ2) is 6.59. The molecule has 0 aromatic heterocycles. The molecule has 1 aliphatic rings. The van der Waals surface area contributed by atoms with Crippen molar-refractivity contribution in [1.82, 2.24) is 10.2 Å². The molecule has 0 aromatic rings. The standard InChI is InChI=1S/C12H23N3O2/c1-3-4-11(13)12(17)15-7-5-10(6-8-15)14-9(2)16/h10-11H,3-8,13H2,1-2H3,(H,14,16)/t11-/m0/s1. The zero-order chi connectivity index (χ0) is 12.8. The Morgan fingerprint density at radius 1 is 1.41 bits per heavy atom. The van der Waals surface area contributed by atoms with Crippen LogP contribution in [0.5, 0.6) is 0 Å². The van der Waals surface area contributed by atoms with Gasteiger partial charge in [0.25, 0.3) is 0 Å². The molecule has 0 aliphatic carbocycles. The summed E-state index contributed by atoms with van der Waals surface area (Å²) in [7, 11) is 0. The van der Waals surface area contributed by atoms with Crippen LogP contribution < -0.4 is 11.1 Å². The van der Waals surface area contributed by atoms with Gasteiger partial charge in [-0.3, -0.25) is 9.59 Å². The molecule has 0 aromatic carbocycles. The number of rotatable bonds is 4. The molecule has 5 nitrogen and oxygen atoms in total. The Morgan fingerprint density at radius 2 is 2.00 bits per heavy atom. The quantitative estimate of drug-likeness (QED) is 0.740. The van der Waals surface area contributed by atoms with Gasteiger partial charge in [-0.15, -0.1) is 0 Å². The summed E-state index contributed by atoms with van der Waals surface area (Å²) in [5.74, 6) is 0.0468. The predicted molar refractivity (Wildman–Crippen MR) is 66.3 cm³/mol. The van der Waals surface area contributed by atoms with Crippen LogP contribution in [0.2, 0.25) is 0 Å². The van der Waals surface area contributed by atoms with Crippen LogP contribution in [0.15, 0.2) is 0 Å². The van der Waals surface area contributed by atoms with E-state index in [1.807, 2.05) is 11.8 Å². The van der Waals surface area contributed by atoms with Gasteiger partial charge in [-0.05, 0) is 19.3 Å². The molecule has 1 fully saturated rings. The molecule has 0 spiro atoms. The number of likely N-dealkylation sites (tertiary alicyclic amines) is 1. The third-order valence-electron chi connectivity index (χ3n) is 3.13. The van der Waals surface area contributed by atoms with E-state index in [1.165, 1.54) is 6.92 Å². The lowest BCUT2D eigenvalue weighted by Gasteiger charge is -2.33. The summed E-state index contributed by atoms with van der Waals surface area (Å²) in [6.45, 7) is 4.94. The van der Waals surface area contributed by atoms with Crippen LogP contribution in [-0.2, 0) is 9.59 Å². The first-order chi connectivity index (χ1) is 8.04. The van der Waals surface area contributed by atoms with E-state index in [0.717, 1.165) is 25.7 Å². The minimum atomic E-state index is -0.364. The third kappa shape index (κ3) is 4.34. The molecule has 1 saturated heterocycles. The maximum Gasteiger partial charge on any atom is 0.239 e. The lowest BCUT2D eigenvalue weighted by Crippen LogP contribution is -2.50. The number of amides is 2. The number of nitrogens with one attached hydrogen (secondary N) is 1. The average Bonchev–Trinajstić information content (AvgIpc) is 2.28. The second-order valence-electron chi connectivity index (χ2n) is 4.70. The molecule has 98 valence electrons. The Bertz CT molecular complexity index is 273. The number of piperidine rings is 1.